The first-order valence-corrected chi connectivity index (χ1v) is 12.3. The van der Waals surface area contributed by atoms with Crippen LogP contribution < -0.4 is 14.3 Å². The molecule has 0 saturated heterocycles. The second kappa shape index (κ2) is 13.0. The highest BCUT2D eigenvalue weighted by Crippen LogP contribution is 2.45. The number of carbonyl (C=O) groups is 1. The summed E-state index contributed by atoms with van der Waals surface area (Å²) in [5.41, 5.74) is 1.74. The number of nitrogens with one attached hydrogen (secondary N) is 1. The lowest BCUT2D eigenvalue weighted by atomic mass is 10.1. The lowest BCUT2D eigenvalue weighted by molar-refractivity contribution is -0.135. The van der Waals surface area contributed by atoms with E-state index in [0.717, 1.165) is 5.56 Å². The van der Waals surface area contributed by atoms with Gasteiger partial charge < -0.3 is 19.5 Å². The first kappa shape index (κ1) is 28.0. The van der Waals surface area contributed by atoms with Gasteiger partial charge in [-0.05, 0) is 64.3 Å². The molecule has 188 valence electrons. The van der Waals surface area contributed by atoms with Crippen LogP contribution in [0.3, 0.4) is 0 Å². The zero-order valence-corrected chi connectivity index (χ0v) is 21.1. The van der Waals surface area contributed by atoms with Gasteiger partial charge in [0.1, 0.15) is 23.3 Å². The van der Waals surface area contributed by atoms with Crippen molar-refractivity contribution in [3.8, 4) is 11.5 Å². The Kier molecular flexibility index (Phi) is 10.4. The summed E-state index contributed by atoms with van der Waals surface area (Å²) >= 11 is 0. The van der Waals surface area contributed by atoms with E-state index in [0.29, 0.717) is 11.3 Å². The number of aliphatic hydroxyl groups excluding tert-OH is 2. The van der Waals surface area contributed by atoms with Gasteiger partial charge in [0.05, 0.1) is 18.9 Å². The number of carbonyl (C=O) groups excluding carboxylic acids is 1. The van der Waals surface area contributed by atoms with Gasteiger partial charge in [0.25, 0.3) is 0 Å². The fourth-order valence-electron chi connectivity index (χ4n) is 2.78. The molecule has 1 unspecified atom stereocenters. The molecule has 0 amide bonds. The summed E-state index contributed by atoms with van der Waals surface area (Å²) in [6, 6.07) is 14.2. The van der Waals surface area contributed by atoms with Crippen molar-refractivity contribution in [3.05, 3.63) is 82.8 Å². The molecule has 35 heavy (non-hydrogen) atoms. The molecular weight excluding hydrogens is 471 g/mol. The Labute approximate surface area is 205 Å². The van der Waals surface area contributed by atoms with Crippen molar-refractivity contribution in [1.29, 1.82) is 0 Å². The van der Waals surface area contributed by atoms with E-state index in [1.165, 1.54) is 13.8 Å². The van der Waals surface area contributed by atoms with Gasteiger partial charge in [-0.15, -0.1) is 0 Å². The number of para-hydroxylation sites is 1. The molecule has 2 atom stereocenters. The summed E-state index contributed by atoms with van der Waals surface area (Å²) < 4.78 is 30.2. The smallest absolute Gasteiger partial charge is 0.459 e. The van der Waals surface area contributed by atoms with Gasteiger partial charge in [0.2, 0.25) is 0 Å². The van der Waals surface area contributed by atoms with Crippen LogP contribution in [-0.2, 0) is 13.9 Å². The molecule has 2 aromatic carbocycles. The molecule has 10 heteroatoms. The molecular formula is C25H31N2O7P. The van der Waals surface area contributed by atoms with E-state index < -0.39 is 26.4 Å². The third kappa shape index (κ3) is 8.49. The Balaban J connectivity index is 2.24. The summed E-state index contributed by atoms with van der Waals surface area (Å²) in [6.45, 7) is 9.04. The van der Waals surface area contributed by atoms with Gasteiger partial charge >= 0.3 is 13.7 Å². The van der Waals surface area contributed by atoms with Gasteiger partial charge in [-0.3, -0.25) is 9.52 Å². The number of allylic oxidation sites excluding steroid dienone is 1. The van der Waals surface area contributed by atoms with Gasteiger partial charge in [0.15, 0.2) is 0 Å². The van der Waals surface area contributed by atoms with Crippen molar-refractivity contribution in [3.63, 3.8) is 0 Å². The minimum Gasteiger partial charge on any atom is -0.506 e. The number of aliphatic hydroxyl groups is 2. The molecule has 0 radical (unpaired) electrons. The van der Waals surface area contributed by atoms with Gasteiger partial charge in [0, 0.05) is 5.57 Å². The average molecular weight is 503 g/mol. The maximum atomic E-state index is 13.6. The fourth-order valence-corrected chi connectivity index (χ4v) is 4.31. The van der Waals surface area contributed by atoms with Gasteiger partial charge in [-0.25, -0.2) is 9.36 Å². The number of aryl methyl sites for hydroxylation is 1. The van der Waals surface area contributed by atoms with Crippen LogP contribution in [0.25, 0.3) is 0 Å². The Bertz CT molecular complexity index is 1130. The molecule has 3 N–H and O–H groups in total. The predicted octanol–water partition coefficient (Wildman–Crippen LogP) is 4.88. The molecule has 2 aromatic rings. The van der Waals surface area contributed by atoms with Gasteiger partial charge in [-0.1, -0.05) is 35.9 Å². The third-order valence-electron chi connectivity index (χ3n) is 4.90. The van der Waals surface area contributed by atoms with E-state index in [1.807, 2.05) is 6.92 Å². The highest BCUT2D eigenvalue weighted by molar-refractivity contribution is 7.52. The van der Waals surface area contributed by atoms with Crippen molar-refractivity contribution >= 4 is 20.4 Å². The minimum atomic E-state index is -4.13. The minimum absolute atomic E-state index is 0.146. The number of rotatable bonds is 12. The summed E-state index contributed by atoms with van der Waals surface area (Å²) in [5, 5.41) is 22.6. The van der Waals surface area contributed by atoms with E-state index in [2.05, 4.69) is 16.8 Å². The normalized spacial score (nSPS) is 15.2. The molecule has 0 fully saturated rings. The standard InChI is InChI=1S/C25H31N2O7P/c1-17-11-13-21(14-12-17)33-25(30)20(4)27-35(31,34-22-9-7-6-8-10-22)32-16-18(2)23(15-28)24(29)19(3)26-5/h6-14,20,28-29H,5,15-16H2,1-4H3,(H,27,31)/b23-18+,24-19+/t20-,35?/m0/s1. The number of esters is 1. The number of benzene rings is 2. The molecule has 0 aliphatic rings. The highest BCUT2D eigenvalue weighted by atomic mass is 31.2. The Morgan fingerprint density at radius 2 is 1.74 bits per heavy atom. The van der Waals surface area contributed by atoms with Crippen molar-refractivity contribution in [2.24, 2.45) is 4.99 Å². The molecule has 0 spiro atoms. The highest BCUT2D eigenvalue weighted by Gasteiger charge is 2.33. The van der Waals surface area contributed by atoms with Crippen LogP contribution >= 0.6 is 7.75 Å². The molecule has 0 bridgehead atoms. The molecule has 9 nitrogen and oxygen atoms in total. The largest absolute Gasteiger partial charge is 0.506 e. The van der Waals surface area contributed by atoms with E-state index in [1.54, 1.807) is 61.5 Å². The number of hydrogen-bond acceptors (Lipinski definition) is 8. The fraction of sp³-hybridized carbons (Fsp3) is 0.280. The van der Waals surface area contributed by atoms with Crippen molar-refractivity contribution in [2.75, 3.05) is 13.2 Å². The molecule has 0 aromatic heterocycles. The maximum absolute atomic E-state index is 13.6. The quantitative estimate of drug-likeness (QED) is 0.0936. The second-order valence-corrected chi connectivity index (χ2v) is 9.46. The van der Waals surface area contributed by atoms with Crippen molar-refractivity contribution < 1.29 is 33.4 Å². The van der Waals surface area contributed by atoms with Crippen LogP contribution in [0.1, 0.15) is 26.3 Å². The van der Waals surface area contributed by atoms with Crippen molar-refractivity contribution in [1.82, 2.24) is 5.09 Å². The zero-order valence-electron chi connectivity index (χ0n) is 20.2. The Morgan fingerprint density at radius 3 is 2.31 bits per heavy atom. The molecule has 0 saturated carbocycles. The number of nitrogens with zero attached hydrogens (tertiary/aromatic N) is 1. The predicted molar refractivity (Wildman–Crippen MR) is 135 cm³/mol. The molecule has 0 heterocycles. The van der Waals surface area contributed by atoms with Crippen LogP contribution in [0.15, 0.2) is 82.2 Å². The zero-order chi connectivity index (χ0) is 26.0. The third-order valence-corrected chi connectivity index (χ3v) is 6.53. The summed E-state index contributed by atoms with van der Waals surface area (Å²) in [5.74, 6) is -0.356. The summed E-state index contributed by atoms with van der Waals surface area (Å²) in [4.78, 5) is 16.3. The average Bonchev–Trinajstić information content (AvgIpc) is 2.84. The SMILES string of the molecule is C=N/C(C)=C(O)\C(CO)=C(/C)COP(=O)(N[C@@H](C)C(=O)Oc1ccc(C)cc1)Oc1ccccc1. The summed E-state index contributed by atoms with van der Waals surface area (Å²) in [6.07, 6.45) is 0. The maximum Gasteiger partial charge on any atom is 0.459 e. The van der Waals surface area contributed by atoms with E-state index >= 15 is 0 Å². The second-order valence-electron chi connectivity index (χ2n) is 7.77. The van der Waals surface area contributed by atoms with E-state index in [-0.39, 0.29) is 29.4 Å². The van der Waals surface area contributed by atoms with Crippen LogP contribution in [0.5, 0.6) is 11.5 Å². The lowest BCUT2D eigenvalue weighted by Crippen LogP contribution is -2.36. The van der Waals surface area contributed by atoms with Crippen LogP contribution in [0.2, 0.25) is 0 Å². The van der Waals surface area contributed by atoms with Gasteiger partial charge in [-0.2, -0.15) is 5.09 Å². The van der Waals surface area contributed by atoms with Crippen molar-refractivity contribution in [2.45, 2.75) is 33.7 Å². The summed E-state index contributed by atoms with van der Waals surface area (Å²) in [7, 11) is -4.13. The lowest BCUT2D eigenvalue weighted by Gasteiger charge is -2.23. The van der Waals surface area contributed by atoms with E-state index in [4.69, 9.17) is 13.8 Å². The molecule has 2 rings (SSSR count). The monoisotopic (exact) mass is 502 g/mol. The van der Waals surface area contributed by atoms with Crippen LogP contribution in [0, 0.1) is 6.92 Å². The Morgan fingerprint density at radius 1 is 1.11 bits per heavy atom. The number of aliphatic imine (C=N–C) groups is 1. The number of ether oxygens (including phenoxy) is 1. The molecule has 0 aliphatic carbocycles. The molecule has 0 aliphatic heterocycles. The topological polar surface area (TPSA) is 127 Å². The first-order chi connectivity index (χ1) is 16.6. The first-order valence-electron chi connectivity index (χ1n) is 10.8. The Hall–Kier alpha value is -3.23. The van der Waals surface area contributed by atoms with E-state index in [9.17, 15) is 19.6 Å². The van der Waals surface area contributed by atoms with Crippen LogP contribution in [0.4, 0.5) is 0 Å². The number of hydrogen-bond donors (Lipinski definition) is 3. The van der Waals surface area contributed by atoms with Crippen LogP contribution in [-0.4, -0.2) is 42.2 Å².